The Morgan fingerprint density at radius 3 is 3.13 bits per heavy atom. The lowest BCUT2D eigenvalue weighted by atomic mass is 9.87. The molecular weight excluding hydrogens is 212 g/mol. The summed E-state index contributed by atoms with van der Waals surface area (Å²) < 4.78 is 0. The van der Waals surface area contributed by atoms with E-state index < -0.39 is 5.97 Å². The maximum absolute atomic E-state index is 10.8. The van der Waals surface area contributed by atoms with E-state index in [1.807, 2.05) is 6.26 Å². The summed E-state index contributed by atoms with van der Waals surface area (Å²) in [4.78, 5) is 19.4. The van der Waals surface area contributed by atoms with Crippen molar-refractivity contribution in [2.45, 2.75) is 24.4 Å². The van der Waals surface area contributed by atoms with Crippen molar-refractivity contribution in [3.8, 4) is 0 Å². The molecule has 1 N–H and O–H groups in total. The molecule has 0 saturated heterocycles. The van der Waals surface area contributed by atoms with E-state index in [1.54, 1.807) is 6.20 Å². The maximum Gasteiger partial charge on any atom is 0.306 e. The Balaban J connectivity index is 2.24. The summed E-state index contributed by atoms with van der Waals surface area (Å²) in [6.45, 7) is 0. The first kappa shape index (κ1) is 10.4. The first-order valence-electron chi connectivity index (χ1n) is 4.82. The van der Waals surface area contributed by atoms with Crippen LogP contribution in [0, 0.1) is 5.92 Å². The van der Waals surface area contributed by atoms with Crippen molar-refractivity contribution in [2.24, 2.45) is 5.92 Å². The van der Waals surface area contributed by atoms with E-state index in [0.29, 0.717) is 12.8 Å². The number of carboxylic acids is 1. The van der Waals surface area contributed by atoms with Gasteiger partial charge in [0.2, 0.25) is 0 Å². The van der Waals surface area contributed by atoms with Crippen LogP contribution in [0.3, 0.4) is 0 Å². The number of nitrogens with zero attached hydrogens (tertiary/aromatic N) is 2. The van der Waals surface area contributed by atoms with E-state index in [0.717, 1.165) is 22.8 Å². The number of hydrogen-bond donors (Lipinski definition) is 1. The molecule has 1 aliphatic carbocycles. The lowest BCUT2D eigenvalue weighted by Gasteiger charge is -2.20. The molecule has 80 valence electrons. The fourth-order valence-corrected chi connectivity index (χ4v) is 2.16. The van der Waals surface area contributed by atoms with Crippen molar-refractivity contribution in [3.63, 3.8) is 0 Å². The molecule has 0 aromatic carbocycles. The summed E-state index contributed by atoms with van der Waals surface area (Å²) in [5.74, 6) is -0.976. The molecule has 1 atom stereocenters. The summed E-state index contributed by atoms with van der Waals surface area (Å²) in [6, 6.07) is 0. The van der Waals surface area contributed by atoms with Crippen LogP contribution < -0.4 is 0 Å². The highest BCUT2D eigenvalue weighted by molar-refractivity contribution is 7.98. The number of aromatic nitrogens is 2. The van der Waals surface area contributed by atoms with Crippen LogP contribution in [0.25, 0.3) is 0 Å². The van der Waals surface area contributed by atoms with Gasteiger partial charge in [0.05, 0.1) is 5.92 Å². The molecule has 0 bridgehead atoms. The van der Waals surface area contributed by atoms with Crippen molar-refractivity contribution in [3.05, 3.63) is 17.5 Å². The zero-order chi connectivity index (χ0) is 10.8. The van der Waals surface area contributed by atoms with Crippen molar-refractivity contribution in [1.29, 1.82) is 0 Å². The fourth-order valence-electron chi connectivity index (χ4n) is 1.80. The van der Waals surface area contributed by atoms with Gasteiger partial charge >= 0.3 is 5.97 Å². The number of carbonyl (C=O) groups is 1. The van der Waals surface area contributed by atoms with Crippen molar-refractivity contribution in [1.82, 2.24) is 9.97 Å². The predicted octanol–water partition coefficient (Wildman–Crippen LogP) is 1.39. The van der Waals surface area contributed by atoms with E-state index in [2.05, 4.69) is 9.97 Å². The van der Waals surface area contributed by atoms with Crippen LogP contribution in [0.5, 0.6) is 0 Å². The topological polar surface area (TPSA) is 63.1 Å². The number of fused-ring (bicyclic) bond motifs is 1. The minimum atomic E-state index is -0.713. The highest BCUT2D eigenvalue weighted by Gasteiger charge is 2.25. The van der Waals surface area contributed by atoms with Crippen molar-refractivity contribution >= 4 is 17.7 Å². The Morgan fingerprint density at radius 2 is 2.47 bits per heavy atom. The van der Waals surface area contributed by atoms with Gasteiger partial charge < -0.3 is 5.11 Å². The minimum Gasteiger partial charge on any atom is -0.481 e. The number of thioether (sulfide) groups is 1. The van der Waals surface area contributed by atoms with Crippen molar-refractivity contribution < 1.29 is 9.90 Å². The van der Waals surface area contributed by atoms with Crippen LogP contribution in [-0.4, -0.2) is 27.3 Å². The van der Waals surface area contributed by atoms with Gasteiger partial charge in [0.25, 0.3) is 0 Å². The van der Waals surface area contributed by atoms with Crippen LogP contribution in [0.15, 0.2) is 11.4 Å². The van der Waals surface area contributed by atoms with Gasteiger partial charge in [-0.25, -0.2) is 9.97 Å². The molecule has 1 aromatic heterocycles. The standard InChI is InChI=1S/C10H12N2O2S/c1-15-10-11-5-7-4-6(9(13)14)2-3-8(7)12-10/h5-6H,2-4H2,1H3,(H,13,14)/t6-/m0/s1. The van der Waals surface area contributed by atoms with Gasteiger partial charge in [-0.15, -0.1) is 0 Å². The Hall–Kier alpha value is -1.10. The van der Waals surface area contributed by atoms with Gasteiger partial charge in [-0.2, -0.15) is 0 Å². The maximum atomic E-state index is 10.8. The molecule has 2 rings (SSSR count). The molecule has 5 heteroatoms. The van der Waals surface area contributed by atoms with Gasteiger partial charge in [-0.1, -0.05) is 11.8 Å². The minimum absolute atomic E-state index is 0.263. The molecule has 0 fully saturated rings. The number of rotatable bonds is 2. The predicted molar refractivity (Wildman–Crippen MR) is 57.0 cm³/mol. The number of aryl methyl sites for hydroxylation is 1. The molecule has 0 amide bonds. The monoisotopic (exact) mass is 224 g/mol. The second kappa shape index (κ2) is 4.18. The second-order valence-corrected chi connectivity index (χ2v) is 4.38. The first-order chi connectivity index (χ1) is 7.20. The van der Waals surface area contributed by atoms with E-state index in [9.17, 15) is 4.79 Å². The summed E-state index contributed by atoms with van der Waals surface area (Å²) in [5.41, 5.74) is 2.01. The van der Waals surface area contributed by atoms with Gasteiger partial charge in [0.1, 0.15) is 0 Å². The van der Waals surface area contributed by atoms with Crippen LogP contribution in [0.4, 0.5) is 0 Å². The van der Waals surface area contributed by atoms with E-state index in [-0.39, 0.29) is 5.92 Å². The van der Waals surface area contributed by atoms with Gasteiger partial charge in [-0.05, 0) is 31.1 Å². The normalized spacial score (nSPS) is 19.7. The molecule has 0 radical (unpaired) electrons. The quantitative estimate of drug-likeness (QED) is 0.607. The molecule has 15 heavy (non-hydrogen) atoms. The third kappa shape index (κ3) is 2.12. The Kier molecular flexibility index (Phi) is 2.90. The number of hydrogen-bond acceptors (Lipinski definition) is 4. The summed E-state index contributed by atoms with van der Waals surface area (Å²) in [7, 11) is 0. The molecule has 0 saturated carbocycles. The third-order valence-electron chi connectivity index (χ3n) is 2.66. The van der Waals surface area contributed by atoms with Crippen LogP contribution in [0.1, 0.15) is 17.7 Å². The SMILES string of the molecule is CSc1ncc2c(n1)CC[C@H](C(=O)O)C2. The average Bonchev–Trinajstić information content (AvgIpc) is 2.27. The van der Waals surface area contributed by atoms with Gasteiger partial charge in [0.15, 0.2) is 5.16 Å². The molecule has 0 unspecified atom stereocenters. The third-order valence-corrected chi connectivity index (χ3v) is 3.22. The number of carboxylic acid groups (broad SMARTS) is 1. The van der Waals surface area contributed by atoms with E-state index >= 15 is 0 Å². The van der Waals surface area contributed by atoms with Crippen LogP contribution in [0.2, 0.25) is 0 Å². The summed E-state index contributed by atoms with van der Waals surface area (Å²) >= 11 is 1.51. The molecular formula is C10H12N2O2S. The van der Waals surface area contributed by atoms with E-state index in [1.165, 1.54) is 11.8 Å². The highest BCUT2D eigenvalue weighted by atomic mass is 32.2. The molecule has 1 aliphatic rings. The molecule has 1 heterocycles. The highest BCUT2D eigenvalue weighted by Crippen LogP contribution is 2.25. The van der Waals surface area contributed by atoms with Gasteiger partial charge in [-0.3, -0.25) is 4.79 Å². The Labute approximate surface area is 92.1 Å². The average molecular weight is 224 g/mol. The van der Waals surface area contributed by atoms with Crippen molar-refractivity contribution in [2.75, 3.05) is 6.26 Å². The molecule has 4 nitrogen and oxygen atoms in total. The smallest absolute Gasteiger partial charge is 0.306 e. The number of aliphatic carboxylic acids is 1. The molecule has 0 spiro atoms. The van der Waals surface area contributed by atoms with E-state index in [4.69, 9.17) is 5.11 Å². The Morgan fingerprint density at radius 1 is 1.67 bits per heavy atom. The lowest BCUT2D eigenvalue weighted by Crippen LogP contribution is -2.23. The summed E-state index contributed by atoms with van der Waals surface area (Å²) in [6.07, 6.45) is 5.71. The molecule has 1 aromatic rings. The summed E-state index contributed by atoms with van der Waals surface area (Å²) in [5, 5.41) is 9.69. The van der Waals surface area contributed by atoms with Gasteiger partial charge in [0, 0.05) is 11.9 Å². The zero-order valence-corrected chi connectivity index (χ0v) is 9.25. The van der Waals surface area contributed by atoms with Crippen LogP contribution in [-0.2, 0) is 17.6 Å². The first-order valence-corrected chi connectivity index (χ1v) is 6.04. The largest absolute Gasteiger partial charge is 0.481 e. The zero-order valence-electron chi connectivity index (χ0n) is 8.43. The second-order valence-electron chi connectivity index (χ2n) is 3.61. The Bertz CT molecular complexity index is 395. The van der Waals surface area contributed by atoms with Crippen LogP contribution >= 0.6 is 11.8 Å². The fraction of sp³-hybridized carbons (Fsp3) is 0.500. The lowest BCUT2D eigenvalue weighted by molar-refractivity contribution is -0.142. The molecule has 0 aliphatic heterocycles.